The van der Waals surface area contributed by atoms with E-state index in [0.29, 0.717) is 0 Å². The number of hydrogen-bond donors (Lipinski definition) is 1. The van der Waals surface area contributed by atoms with Gasteiger partial charge in [-0.15, -0.1) is 0 Å². The lowest BCUT2D eigenvalue weighted by atomic mass is 10.0. The van der Waals surface area contributed by atoms with Gasteiger partial charge < -0.3 is 22.1 Å². The first-order valence-corrected chi connectivity index (χ1v) is 15.5. The van der Waals surface area contributed by atoms with Gasteiger partial charge in [0.1, 0.15) is 23.2 Å². The Balaban J connectivity index is 0.00000432. The fourth-order valence-electron chi connectivity index (χ4n) is 5.08. The Labute approximate surface area is 225 Å². The molecule has 1 nitrogen and oxygen atoms in total. The third-order valence-electron chi connectivity index (χ3n) is 7.03. The average Bonchev–Trinajstić information content (AvgIpc) is 2.90. The summed E-state index contributed by atoms with van der Waals surface area (Å²) in [5, 5.41) is 14.2. The Kier molecular flexibility index (Phi) is 14.5. The highest BCUT2D eigenvalue weighted by molar-refractivity contribution is 7.95. The van der Waals surface area contributed by atoms with Crippen molar-refractivity contribution < 1.29 is 22.1 Å². The fourth-order valence-corrected chi connectivity index (χ4v) is 9.07. The van der Waals surface area contributed by atoms with Crippen LogP contribution < -0.4 is 32.9 Å². The first-order valence-electron chi connectivity index (χ1n) is 13.5. The van der Waals surface area contributed by atoms with Crippen LogP contribution in [0.5, 0.6) is 0 Å². The summed E-state index contributed by atoms with van der Waals surface area (Å²) in [5.41, 5.74) is 1.44. The molecule has 0 saturated carbocycles. The minimum Gasteiger partial charge on any atom is -1.00 e. The summed E-state index contributed by atoms with van der Waals surface area (Å²) in [7, 11) is -1.88. The minimum atomic E-state index is -1.88. The molecule has 0 bridgehead atoms. The Morgan fingerprint density at radius 2 is 0.971 bits per heavy atom. The molecule has 1 N–H and O–H groups in total. The van der Waals surface area contributed by atoms with Crippen molar-refractivity contribution in [3.8, 4) is 0 Å². The zero-order chi connectivity index (χ0) is 23.9. The molecule has 35 heavy (non-hydrogen) atoms. The van der Waals surface area contributed by atoms with Gasteiger partial charge in [-0.1, -0.05) is 113 Å². The maximum atomic E-state index is 10.1. The van der Waals surface area contributed by atoms with Crippen molar-refractivity contribution in [2.45, 2.75) is 77.6 Å². The second kappa shape index (κ2) is 17.1. The van der Waals surface area contributed by atoms with E-state index in [2.05, 4.69) is 91.9 Å². The number of rotatable bonds is 16. The highest BCUT2D eigenvalue weighted by Crippen LogP contribution is 2.54. The largest absolute Gasteiger partial charge is 1.00 e. The van der Waals surface area contributed by atoms with Crippen LogP contribution in [0.2, 0.25) is 0 Å². The molecular formula is C32H44BrOP. The highest BCUT2D eigenvalue weighted by atomic mass is 79.9. The highest BCUT2D eigenvalue weighted by Gasteiger charge is 2.44. The molecule has 3 aromatic rings. The van der Waals surface area contributed by atoms with Gasteiger partial charge in [-0.05, 0) is 54.8 Å². The smallest absolute Gasteiger partial charge is 0.114 e. The van der Waals surface area contributed by atoms with Crippen LogP contribution in [-0.4, -0.2) is 17.9 Å². The van der Waals surface area contributed by atoms with Crippen LogP contribution in [0, 0.1) is 0 Å². The summed E-state index contributed by atoms with van der Waals surface area (Å²) in [6.07, 6.45) is 15.7. The van der Waals surface area contributed by atoms with Crippen LogP contribution >= 0.6 is 7.26 Å². The van der Waals surface area contributed by atoms with Crippen molar-refractivity contribution in [1.82, 2.24) is 0 Å². The lowest BCUT2D eigenvalue weighted by Crippen LogP contribution is -3.00. The summed E-state index contributed by atoms with van der Waals surface area (Å²) < 4.78 is 0. The fraction of sp³-hybridized carbons (Fsp3) is 0.438. The van der Waals surface area contributed by atoms with Gasteiger partial charge in [0.25, 0.3) is 0 Å². The summed E-state index contributed by atoms with van der Waals surface area (Å²) in [4.78, 5) is 0. The molecule has 0 heterocycles. The average molecular weight is 556 g/mol. The van der Waals surface area contributed by atoms with Crippen molar-refractivity contribution in [3.63, 3.8) is 0 Å². The van der Waals surface area contributed by atoms with Crippen molar-refractivity contribution >= 4 is 23.2 Å². The first-order chi connectivity index (χ1) is 16.8. The van der Waals surface area contributed by atoms with Crippen molar-refractivity contribution in [3.05, 3.63) is 90.5 Å². The quantitative estimate of drug-likeness (QED) is 0.205. The molecule has 0 aromatic heterocycles. The van der Waals surface area contributed by atoms with E-state index < -0.39 is 7.26 Å². The molecule has 0 aliphatic carbocycles. The third kappa shape index (κ3) is 8.85. The van der Waals surface area contributed by atoms with E-state index in [0.717, 1.165) is 6.16 Å². The van der Waals surface area contributed by atoms with Crippen molar-refractivity contribution in [2.24, 2.45) is 0 Å². The van der Waals surface area contributed by atoms with Gasteiger partial charge in [0.15, 0.2) is 0 Å². The van der Waals surface area contributed by atoms with Gasteiger partial charge in [0.05, 0.1) is 12.8 Å². The second-order valence-corrected chi connectivity index (χ2v) is 13.1. The zero-order valence-corrected chi connectivity index (χ0v) is 24.0. The summed E-state index contributed by atoms with van der Waals surface area (Å²) in [6, 6.07) is 31.0. The maximum absolute atomic E-state index is 10.1. The number of aliphatic hydroxyl groups excluding tert-OH is 1. The predicted molar refractivity (Wildman–Crippen MR) is 153 cm³/mol. The molecule has 0 radical (unpaired) electrons. The molecule has 0 atom stereocenters. The topological polar surface area (TPSA) is 20.2 Å². The van der Waals surface area contributed by atoms with Gasteiger partial charge in [-0.3, -0.25) is 0 Å². The normalized spacial score (nSPS) is 11.3. The molecule has 0 unspecified atom stereocenters. The Bertz CT molecular complexity index is 872. The van der Waals surface area contributed by atoms with Gasteiger partial charge >= 0.3 is 0 Å². The number of aliphatic hydroxyl groups is 1. The molecule has 0 fully saturated rings. The summed E-state index contributed by atoms with van der Waals surface area (Å²) in [5.74, 6) is 0. The number of aryl methyl sites for hydroxylation is 1. The second-order valence-electron chi connectivity index (χ2n) is 9.53. The Morgan fingerprint density at radius 3 is 1.43 bits per heavy atom. The molecule has 0 aliphatic heterocycles. The standard InChI is InChI=1S/C32H44OP.BrH/c1-2-3-4-5-6-7-8-9-10-13-18-29-23-25-32(26-24-29)34(28-27-33,30-19-14-11-15-20-30)31-21-16-12-17-22-31;/h11-12,14-17,19-26,33H,2-10,13,18,27-28H2,1H3;1H/q+1;/p-1. The zero-order valence-electron chi connectivity index (χ0n) is 21.5. The predicted octanol–water partition coefficient (Wildman–Crippen LogP) is 4.44. The molecule has 3 rings (SSSR count). The van der Waals surface area contributed by atoms with Gasteiger partial charge in [-0.2, -0.15) is 0 Å². The minimum absolute atomic E-state index is 0. The van der Waals surface area contributed by atoms with Crippen LogP contribution in [-0.2, 0) is 6.42 Å². The number of hydrogen-bond acceptors (Lipinski definition) is 1. The lowest BCUT2D eigenvalue weighted by Gasteiger charge is -2.27. The molecule has 3 heteroatoms. The Morgan fingerprint density at radius 1 is 0.543 bits per heavy atom. The van der Waals surface area contributed by atoms with Crippen LogP contribution in [0.25, 0.3) is 0 Å². The first kappa shape index (κ1) is 29.8. The molecule has 0 spiro atoms. The lowest BCUT2D eigenvalue weighted by molar-refractivity contribution is -0.00000807. The summed E-state index contributed by atoms with van der Waals surface area (Å²) in [6.45, 7) is 2.48. The Hall–Kier alpha value is -1.47. The van der Waals surface area contributed by atoms with E-state index in [-0.39, 0.29) is 23.6 Å². The number of unbranched alkanes of at least 4 members (excludes halogenated alkanes) is 9. The van der Waals surface area contributed by atoms with Crippen molar-refractivity contribution in [1.29, 1.82) is 0 Å². The maximum Gasteiger partial charge on any atom is 0.114 e. The molecular weight excluding hydrogens is 511 g/mol. The van der Waals surface area contributed by atoms with Gasteiger partial charge in [-0.25, -0.2) is 0 Å². The number of benzene rings is 3. The summed E-state index contributed by atoms with van der Waals surface area (Å²) >= 11 is 0. The third-order valence-corrected chi connectivity index (χ3v) is 11.4. The van der Waals surface area contributed by atoms with E-state index >= 15 is 0 Å². The SMILES string of the molecule is CCCCCCCCCCCCc1ccc([P+](CCO)(c2ccccc2)c2ccccc2)cc1.[Br-]. The van der Waals surface area contributed by atoms with Crippen LogP contribution in [0.4, 0.5) is 0 Å². The van der Waals surface area contributed by atoms with E-state index in [1.165, 1.54) is 92.1 Å². The molecule has 190 valence electrons. The van der Waals surface area contributed by atoms with E-state index in [9.17, 15) is 5.11 Å². The molecule has 3 aromatic carbocycles. The monoisotopic (exact) mass is 554 g/mol. The van der Waals surface area contributed by atoms with E-state index in [4.69, 9.17) is 0 Å². The van der Waals surface area contributed by atoms with Crippen molar-refractivity contribution in [2.75, 3.05) is 12.8 Å². The van der Waals surface area contributed by atoms with E-state index in [1.54, 1.807) is 0 Å². The van der Waals surface area contributed by atoms with Gasteiger partial charge in [0, 0.05) is 0 Å². The van der Waals surface area contributed by atoms with Crippen LogP contribution in [0.15, 0.2) is 84.9 Å². The van der Waals surface area contributed by atoms with Crippen LogP contribution in [0.3, 0.4) is 0 Å². The van der Waals surface area contributed by atoms with E-state index in [1.807, 2.05) is 0 Å². The molecule has 0 saturated heterocycles. The molecule has 0 aliphatic rings. The van der Waals surface area contributed by atoms with Crippen LogP contribution in [0.1, 0.15) is 76.7 Å². The number of halogens is 1. The molecule has 0 amide bonds. The van der Waals surface area contributed by atoms with Gasteiger partial charge in [0.2, 0.25) is 0 Å².